The normalized spacial score (nSPS) is 12.4. The monoisotopic (exact) mass is 782 g/mol. The number of anilines is 4. The molecule has 0 spiro atoms. The first-order chi connectivity index (χ1) is 25.1. The number of hydrogen-bond donors (Lipinski definition) is 0. The zero-order valence-electron chi connectivity index (χ0n) is 27.7. The molecule has 0 aromatic heterocycles. The molecule has 1 aliphatic rings. The summed E-state index contributed by atoms with van der Waals surface area (Å²) >= 11 is 8.15. The molecule has 51 heavy (non-hydrogen) atoms. The van der Waals surface area contributed by atoms with Gasteiger partial charge in [-0.15, -0.1) is 0 Å². The summed E-state index contributed by atoms with van der Waals surface area (Å²) in [5.74, 6) is 0. The molecule has 0 saturated carbocycles. The number of hydrogen-bond acceptors (Lipinski definition) is 2. The van der Waals surface area contributed by atoms with Crippen molar-refractivity contribution in [3.8, 4) is 44.5 Å². The molecule has 2 nitrogen and oxygen atoms in total. The van der Waals surface area contributed by atoms with Crippen molar-refractivity contribution in [2.45, 2.75) is 0 Å². The summed E-state index contributed by atoms with van der Waals surface area (Å²) in [5, 5.41) is 2.44. The molecule has 4 heteroatoms. The summed E-state index contributed by atoms with van der Waals surface area (Å²) in [5.41, 5.74) is 14.1. The van der Waals surface area contributed by atoms with Gasteiger partial charge in [0.2, 0.25) is 0 Å². The molecule has 244 valence electrons. The molecule has 9 rings (SSSR count). The lowest BCUT2D eigenvalue weighted by atomic mass is 9.93. The van der Waals surface area contributed by atoms with Gasteiger partial charge in [0.05, 0.1) is 22.7 Å². The van der Waals surface area contributed by atoms with Gasteiger partial charge < -0.3 is 9.80 Å². The summed E-state index contributed by atoms with van der Waals surface area (Å²) in [6.07, 6.45) is 0. The summed E-state index contributed by atoms with van der Waals surface area (Å²) < 4.78 is 2.08. The first-order valence-corrected chi connectivity index (χ1v) is 18.7. The Bertz CT molecular complexity index is 2340. The maximum atomic E-state index is 4.07. The van der Waals surface area contributed by atoms with Gasteiger partial charge in [0.15, 0.2) is 0 Å². The van der Waals surface area contributed by atoms with E-state index in [-0.39, 0.29) is 0 Å². The van der Waals surface area contributed by atoms with E-state index in [1.54, 1.807) is 0 Å². The Labute approximate surface area is 315 Å². The van der Waals surface area contributed by atoms with Crippen molar-refractivity contribution in [1.29, 1.82) is 0 Å². The minimum atomic E-state index is 0.616. The van der Waals surface area contributed by atoms with Gasteiger partial charge >= 0.3 is 0 Å². The lowest BCUT2D eigenvalue weighted by Crippen LogP contribution is -2.36. The Morgan fingerprint density at radius 1 is 0.333 bits per heavy atom. The van der Waals surface area contributed by atoms with Gasteiger partial charge in [-0.05, 0) is 118 Å². The van der Waals surface area contributed by atoms with Gasteiger partial charge in [0, 0.05) is 14.3 Å². The Kier molecular flexibility index (Phi) is 8.27. The van der Waals surface area contributed by atoms with Crippen LogP contribution in [0.25, 0.3) is 55.3 Å². The van der Waals surface area contributed by atoms with Crippen molar-refractivity contribution in [2.75, 3.05) is 16.5 Å². The molecule has 1 heterocycles. The topological polar surface area (TPSA) is 6.48 Å². The van der Waals surface area contributed by atoms with Crippen LogP contribution in [0.3, 0.4) is 0 Å². The standard InChI is InChI=1S/C47H32Br2N2/c48-41-27-37(32-15-5-1-6-16-32)39(34-19-9-3-10-20-34)29-45(41)50-31-51(44-26-14-24-36-23-13-25-43(50)47(36)44)46-30-40(35-21-11-4-12-22-35)38(28-42(46)49)33-17-7-2-8-18-33/h1-30H,31H2. The van der Waals surface area contributed by atoms with Crippen LogP contribution in [-0.4, -0.2) is 6.67 Å². The maximum absolute atomic E-state index is 4.07. The molecule has 1 aliphatic heterocycles. The van der Waals surface area contributed by atoms with E-state index in [0.29, 0.717) is 6.67 Å². The average molecular weight is 785 g/mol. The summed E-state index contributed by atoms with van der Waals surface area (Å²) in [7, 11) is 0. The number of nitrogens with zero attached hydrogens (tertiary/aromatic N) is 2. The molecule has 0 amide bonds. The zero-order valence-corrected chi connectivity index (χ0v) is 30.8. The predicted octanol–water partition coefficient (Wildman–Crippen LogP) is 14.3. The molecule has 8 aromatic carbocycles. The third kappa shape index (κ3) is 5.75. The van der Waals surface area contributed by atoms with Gasteiger partial charge in [-0.1, -0.05) is 146 Å². The summed E-state index contributed by atoms with van der Waals surface area (Å²) in [4.78, 5) is 4.92. The third-order valence-corrected chi connectivity index (χ3v) is 11.1. The van der Waals surface area contributed by atoms with Crippen molar-refractivity contribution in [1.82, 2.24) is 0 Å². The third-order valence-electron chi connectivity index (χ3n) is 9.82. The quantitative estimate of drug-likeness (QED) is 0.166. The van der Waals surface area contributed by atoms with Gasteiger partial charge in [-0.25, -0.2) is 0 Å². The highest BCUT2D eigenvalue weighted by Crippen LogP contribution is 2.51. The van der Waals surface area contributed by atoms with E-state index in [9.17, 15) is 0 Å². The van der Waals surface area contributed by atoms with E-state index in [2.05, 4.69) is 224 Å². The molecule has 0 saturated heterocycles. The lowest BCUT2D eigenvalue weighted by Gasteiger charge is -2.41. The van der Waals surface area contributed by atoms with Crippen LogP contribution in [0.4, 0.5) is 22.7 Å². The van der Waals surface area contributed by atoms with Gasteiger partial charge in [0.25, 0.3) is 0 Å². The van der Waals surface area contributed by atoms with E-state index in [1.165, 1.54) is 66.7 Å². The first-order valence-electron chi connectivity index (χ1n) is 17.1. The van der Waals surface area contributed by atoms with Crippen molar-refractivity contribution < 1.29 is 0 Å². The van der Waals surface area contributed by atoms with Crippen LogP contribution in [0.15, 0.2) is 191 Å². The van der Waals surface area contributed by atoms with Crippen LogP contribution in [0, 0.1) is 0 Å². The molecular weight excluding hydrogens is 752 g/mol. The van der Waals surface area contributed by atoms with Crippen LogP contribution in [0.2, 0.25) is 0 Å². The van der Waals surface area contributed by atoms with Crippen molar-refractivity contribution >= 4 is 65.4 Å². The molecule has 0 radical (unpaired) electrons. The van der Waals surface area contributed by atoms with Crippen LogP contribution >= 0.6 is 31.9 Å². The molecule has 0 N–H and O–H groups in total. The van der Waals surface area contributed by atoms with Crippen molar-refractivity contribution in [3.63, 3.8) is 0 Å². The molecule has 0 fully saturated rings. The SMILES string of the molecule is Brc1cc(-c2ccccc2)c(-c2ccccc2)cc1N1CN(c2cc(-c3ccccc3)c(-c3ccccc3)cc2Br)c2cccc3cccc1c23. The predicted molar refractivity (Wildman–Crippen MR) is 223 cm³/mol. The van der Waals surface area contributed by atoms with Crippen molar-refractivity contribution in [2.24, 2.45) is 0 Å². The first kappa shape index (κ1) is 31.6. The summed E-state index contributed by atoms with van der Waals surface area (Å²) in [6.45, 7) is 0.616. The van der Waals surface area contributed by atoms with Crippen molar-refractivity contribution in [3.05, 3.63) is 191 Å². The highest BCUT2D eigenvalue weighted by Gasteiger charge is 2.30. The van der Waals surface area contributed by atoms with Crippen LogP contribution < -0.4 is 9.80 Å². The second-order valence-electron chi connectivity index (χ2n) is 12.8. The lowest BCUT2D eigenvalue weighted by molar-refractivity contribution is 0.914. The van der Waals surface area contributed by atoms with Crippen LogP contribution in [-0.2, 0) is 0 Å². The number of rotatable bonds is 6. The molecular formula is C47H32Br2N2. The summed E-state index contributed by atoms with van der Waals surface area (Å²) in [6, 6.07) is 65.4. The fourth-order valence-electron chi connectivity index (χ4n) is 7.42. The Morgan fingerprint density at radius 2 is 0.667 bits per heavy atom. The second-order valence-corrected chi connectivity index (χ2v) is 14.5. The highest BCUT2D eigenvalue weighted by molar-refractivity contribution is 9.11. The molecule has 0 atom stereocenters. The fraction of sp³-hybridized carbons (Fsp3) is 0.0213. The minimum Gasteiger partial charge on any atom is -0.321 e. The highest BCUT2D eigenvalue weighted by atomic mass is 79.9. The van der Waals surface area contributed by atoms with Crippen LogP contribution in [0.1, 0.15) is 0 Å². The van der Waals surface area contributed by atoms with E-state index >= 15 is 0 Å². The Hall–Kier alpha value is -5.42. The average Bonchev–Trinajstić information content (AvgIpc) is 3.20. The van der Waals surface area contributed by atoms with Gasteiger partial charge in [-0.2, -0.15) is 0 Å². The fourth-order valence-corrected chi connectivity index (χ4v) is 8.54. The smallest absolute Gasteiger partial charge is 0.100 e. The number of benzene rings is 8. The molecule has 0 aliphatic carbocycles. The van der Waals surface area contributed by atoms with Gasteiger partial charge in [0.1, 0.15) is 6.67 Å². The van der Waals surface area contributed by atoms with E-state index < -0.39 is 0 Å². The second kappa shape index (κ2) is 13.4. The van der Waals surface area contributed by atoms with Gasteiger partial charge in [-0.3, -0.25) is 0 Å². The minimum absolute atomic E-state index is 0.616. The van der Waals surface area contributed by atoms with Crippen LogP contribution in [0.5, 0.6) is 0 Å². The largest absolute Gasteiger partial charge is 0.321 e. The maximum Gasteiger partial charge on any atom is 0.100 e. The van der Waals surface area contributed by atoms with E-state index in [0.717, 1.165) is 20.3 Å². The molecule has 0 unspecified atom stereocenters. The number of halogens is 2. The Balaban J connectivity index is 1.26. The van der Waals surface area contributed by atoms with E-state index in [1.807, 2.05) is 0 Å². The zero-order chi connectivity index (χ0) is 34.3. The Morgan fingerprint density at radius 3 is 1.02 bits per heavy atom. The molecule has 8 aromatic rings. The molecule has 0 bridgehead atoms. The van der Waals surface area contributed by atoms with E-state index in [4.69, 9.17) is 0 Å².